The zero-order valence-corrected chi connectivity index (χ0v) is 10.9. The normalized spacial score (nSPS) is 17.6. The Balaban J connectivity index is 1.71. The predicted octanol–water partition coefficient (Wildman–Crippen LogP) is 1.79. The highest BCUT2D eigenvalue weighted by molar-refractivity contribution is 5.73. The van der Waals surface area contributed by atoms with E-state index in [9.17, 15) is 14.3 Å². The highest BCUT2D eigenvalue weighted by Gasteiger charge is 2.39. The molecule has 4 nitrogen and oxygen atoms in total. The number of carbonyl (C=O) groups is 1. The van der Waals surface area contributed by atoms with Crippen LogP contribution in [0.3, 0.4) is 0 Å². The van der Waals surface area contributed by atoms with Gasteiger partial charge in [0.2, 0.25) is 0 Å². The first-order chi connectivity index (χ1) is 8.97. The first kappa shape index (κ1) is 13.8. The van der Waals surface area contributed by atoms with Crippen molar-refractivity contribution in [3.05, 3.63) is 35.6 Å². The van der Waals surface area contributed by atoms with Crippen LogP contribution in [0.4, 0.5) is 9.18 Å². The predicted molar refractivity (Wildman–Crippen MR) is 70.0 cm³/mol. The van der Waals surface area contributed by atoms with Crippen molar-refractivity contribution in [1.82, 2.24) is 10.6 Å². The number of urea groups is 1. The number of nitrogens with one attached hydrogen (secondary N) is 2. The first-order valence-electron chi connectivity index (χ1n) is 6.46. The summed E-state index contributed by atoms with van der Waals surface area (Å²) in [5.41, 5.74) is -0.00164. The van der Waals surface area contributed by atoms with E-state index in [0.29, 0.717) is 12.5 Å². The molecule has 0 radical (unpaired) electrons. The van der Waals surface area contributed by atoms with Crippen LogP contribution in [-0.4, -0.2) is 23.3 Å². The minimum Gasteiger partial charge on any atom is -0.388 e. The number of hydrogen-bond acceptors (Lipinski definition) is 2. The summed E-state index contributed by atoms with van der Waals surface area (Å²) in [5, 5.41) is 15.4. The largest absolute Gasteiger partial charge is 0.388 e. The van der Waals surface area contributed by atoms with E-state index in [-0.39, 0.29) is 18.4 Å². The lowest BCUT2D eigenvalue weighted by Crippen LogP contribution is -2.45. The molecule has 1 saturated carbocycles. The van der Waals surface area contributed by atoms with Crippen LogP contribution in [-0.2, 0) is 6.54 Å². The van der Waals surface area contributed by atoms with Gasteiger partial charge in [0.25, 0.3) is 0 Å². The zero-order valence-electron chi connectivity index (χ0n) is 10.9. The molecule has 1 aromatic carbocycles. The fraction of sp³-hybridized carbons (Fsp3) is 0.500. The van der Waals surface area contributed by atoms with E-state index in [4.69, 9.17) is 0 Å². The maximum atomic E-state index is 12.7. The van der Waals surface area contributed by atoms with Gasteiger partial charge < -0.3 is 15.7 Å². The standard InChI is InChI=1S/C14H19FN2O2/c1-14(19,11-4-5-11)9-17-13(18)16-8-10-2-6-12(15)7-3-10/h2-3,6-7,11,19H,4-5,8-9H2,1H3,(H2,16,17,18)/t14-/m0/s1. The van der Waals surface area contributed by atoms with Gasteiger partial charge in [0.05, 0.1) is 5.60 Å². The Morgan fingerprint density at radius 3 is 2.58 bits per heavy atom. The molecule has 0 aromatic heterocycles. The molecule has 1 aromatic rings. The fourth-order valence-corrected chi connectivity index (χ4v) is 1.96. The molecule has 3 N–H and O–H groups in total. The lowest BCUT2D eigenvalue weighted by molar-refractivity contribution is 0.0394. The van der Waals surface area contributed by atoms with Crippen molar-refractivity contribution in [3.8, 4) is 0 Å². The Morgan fingerprint density at radius 2 is 2.00 bits per heavy atom. The van der Waals surface area contributed by atoms with Crippen LogP contribution in [0.15, 0.2) is 24.3 Å². The Labute approximate surface area is 112 Å². The topological polar surface area (TPSA) is 61.4 Å². The van der Waals surface area contributed by atoms with Gasteiger partial charge in [-0.15, -0.1) is 0 Å². The molecule has 2 amide bonds. The Morgan fingerprint density at radius 1 is 1.37 bits per heavy atom. The Hall–Kier alpha value is -1.62. The number of carbonyl (C=O) groups excluding carboxylic acids is 1. The number of rotatable bonds is 5. The summed E-state index contributed by atoms with van der Waals surface area (Å²) in [6.45, 7) is 2.32. The van der Waals surface area contributed by atoms with Gasteiger partial charge in [-0.2, -0.15) is 0 Å². The van der Waals surface area contributed by atoms with Crippen molar-refractivity contribution in [2.45, 2.75) is 31.9 Å². The van der Waals surface area contributed by atoms with Crippen molar-refractivity contribution in [1.29, 1.82) is 0 Å². The molecule has 5 heteroatoms. The second-order valence-corrected chi connectivity index (χ2v) is 5.29. The number of amides is 2. The summed E-state index contributed by atoms with van der Waals surface area (Å²) in [6.07, 6.45) is 2.04. The average molecular weight is 266 g/mol. The molecular weight excluding hydrogens is 247 g/mol. The van der Waals surface area contributed by atoms with Gasteiger partial charge >= 0.3 is 6.03 Å². The summed E-state index contributed by atoms with van der Waals surface area (Å²) >= 11 is 0. The number of benzene rings is 1. The molecule has 0 aliphatic heterocycles. The third-order valence-electron chi connectivity index (χ3n) is 3.43. The van der Waals surface area contributed by atoms with Gasteiger partial charge in [-0.1, -0.05) is 12.1 Å². The highest BCUT2D eigenvalue weighted by atomic mass is 19.1. The van der Waals surface area contributed by atoms with Crippen LogP contribution in [0.25, 0.3) is 0 Å². The third-order valence-corrected chi connectivity index (χ3v) is 3.43. The summed E-state index contributed by atoms with van der Waals surface area (Å²) in [5.74, 6) is -0.00131. The molecule has 19 heavy (non-hydrogen) atoms. The lowest BCUT2D eigenvalue weighted by Gasteiger charge is -2.23. The number of hydrogen-bond donors (Lipinski definition) is 3. The van der Waals surface area contributed by atoms with E-state index < -0.39 is 5.60 Å². The molecule has 0 heterocycles. The maximum Gasteiger partial charge on any atom is 0.315 e. The molecule has 0 bridgehead atoms. The molecule has 0 unspecified atom stereocenters. The van der Waals surface area contributed by atoms with Crippen LogP contribution < -0.4 is 10.6 Å². The molecule has 1 aliphatic rings. The summed E-state index contributed by atoms with van der Waals surface area (Å²) in [4.78, 5) is 11.6. The molecule has 0 spiro atoms. The van der Waals surface area contributed by atoms with E-state index in [0.717, 1.165) is 18.4 Å². The highest BCUT2D eigenvalue weighted by Crippen LogP contribution is 2.38. The average Bonchev–Trinajstić information content (AvgIpc) is 3.20. The van der Waals surface area contributed by atoms with Crippen molar-refractivity contribution in [3.63, 3.8) is 0 Å². The second-order valence-electron chi connectivity index (χ2n) is 5.29. The van der Waals surface area contributed by atoms with E-state index in [1.807, 2.05) is 0 Å². The van der Waals surface area contributed by atoms with Crippen LogP contribution in [0.1, 0.15) is 25.3 Å². The van der Waals surface area contributed by atoms with Crippen molar-refractivity contribution >= 4 is 6.03 Å². The number of aliphatic hydroxyl groups is 1. The molecular formula is C14H19FN2O2. The van der Waals surface area contributed by atoms with Gasteiger partial charge in [0, 0.05) is 13.1 Å². The molecule has 0 saturated heterocycles. The van der Waals surface area contributed by atoms with Gasteiger partial charge in [0.1, 0.15) is 5.82 Å². The van der Waals surface area contributed by atoms with Crippen LogP contribution in [0.2, 0.25) is 0 Å². The van der Waals surface area contributed by atoms with E-state index in [1.54, 1.807) is 19.1 Å². The molecule has 104 valence electrons. The minimum atomic E-state index is -0.826. The van der Waals surface area contributed by atoms with E-state index in [2.05, 4.69) is 10.6 Å². The first-order valence-corrected chi connectivity index (χ1v) is 6.46. The molecule has 1 atom stereocenters. The van der Waals surface area contributed by atoms with Crippen molar-refractivity contribution < 1.29 is 14.3 Å². The van der Waals surface area contributed by atoms with Crippen LogP contribution in [0, 0.1) is 11.7 Å². The zero-order chi connectivity index (χ0) is 13.9. The van der Waals surface area contributed by atoms with Gasteiger partial charge in [-0.3, -0.25) is 0 Å². The van der Waals surface area contributed by atoms with Gasteiger partial charge in [-0.25, -0.2) is 9.18 Å². The summed E-state index contributed by atoms with van der Waals surface area (Å²) < 4.78 is 12.7. The van der Waals surface area contributed by atoms with Gasteiger partial charge in [0.15, 0.2) is 0 Å². The van der Waals surface area contributed by atoms with E-state index >= 15 is 0 Å². The monoisotopic (exact) mass is 266 g/mol. The molecule has 1 aliphatic carbocycles. The molecule has 2 rings (SSSR count). The molecule has 1 fully saturated rings. The summed E-state index contributed by atoms with van der Waals surface area (Å²) in [7, 11) is 0. The third kappa shape index (κ3) is 4.21. The van der Waals surface area contributed by atoms with E-state index in [1.165, 1.54) is 12.1 Å². The maximum absolute atomic E-state index is 12.7. The number of halogens is 1. The smallest absolute Gasteiger partial charge is 0.315 e. The quantitative estimate of drug-likeness (QED) is 0.761. The Kier molecular flexibility index (Phi) is 4.04. The van der Waals surface area contributed by atoms with Crippen molar-refractivity contribution in [2.75, 3.05) is 6.54 Å². The Bertz CT molecular complexity index is 441. The SMILES string of the molecule is C[C@](O)(CNC(=O)NCc1ccc(F)cc1)C1CC1. The minimum absolute atomic E-state index is 0.243. The lowest BCUT2D eigenvalue weighted by atomic mass is 10.0. The summed E-state index contributed by atoms with van der Waals surface area (Å²) in [6, 6.07) is 5.62. The fourth-order valence-electron chi connectivity index (χ4n) is 1.96. The van der Waals surface area contributed by atoms with Gasteiger partial charge in [-0.05, 0) is 43.4 Å². The second kappa shape index (κ2) is 5.57. The van der Waals surface area contributed by atoms with Crippen molar-refractivity contribution in [2.24, 2.45) is 5.92 Å². The van der Waals surface area contributed by atoms with Crippen LogP contribution >= 0.6 is 0 Å². The van der Waals surface area contributed by atoms with Crippen LogP contribution in [0.5, 0.6) is 0 Å².